The fraction of sp³-hybridized carbons (Fsp3) is 0.400. The van der Waals surface area contributed by atoms with Crippen molar-refractivity contribution >= 4 is 11.6 Å². The third kappa shape index (κ3) is 3.37. The lowest BCUT2D eigenvalue weighted by Gasteiger charge is -2.22. The van der Waals surface area contributed by atoms with Crippen LogP contribution in [0.4, 0.5) is 0 Å². The zero-order valence-corrected chi connectivity index (χ0v) is 16.1. The minimum absolute atomic E-state index is 0.0285. The van der Waals surface area contributed by atoms with E-state index in [-0.39, 0.29) is 11.7 Å². The van der Waals surface area contributed by atoms with E-state index in [9.17, 15) is 9.90 Å². The first kappa shape index (κ1) is 18.2. The molecule has 0 spiro atoms. The molecule has 3 heterocycles. The van der Waals surface area contributed by atoms with Crippen molar-refractivity contribution in [3.8, 4) is 22.8 Å². The van der Waals surface area contributed by atoms with E-state index in [1.54, 1.807) is 17.2 Å². The quantitative estimate of drug-likeness (QED) is 0.856. The van der Waals surface area contributed by atoms with E-state index >= 15 is 0 Å². The Labute approximate surface area is 162 Å². The number of nitrogens with zero attached hydrogens (tertiary/aromatic N) is 4. The molecule has 0 aliphatic carbocycles. The average molecular weight is 382 g/mol. The average Bonchev–Trinajstić information content (AvgIpc) is 2.97. The molecule has 1 N–H and O–H groups in total. The van der Waals surface area contributed by atoms with Crippen molar-refractivity contribution in [1.29, 1.82) is 0 Å². The molecule has 8 heteroatoms. The van der Waals surface area contributed by atoms with Crippen LogP contribution in [0.2, 0.25) is 0 Å². The highest BCUT2D eigenvalue weighted by Gasteiger charge is 2.32. The van der Waals surface area contributed by atoms with Gasteiger partial charge in [0, 0.05) is 30.3 Å². The fourth-order valence-electron chi connectivity index (χ4n) is 3.47. The first-order chi connectivity index (χ1) is 13.4. The van der Waals surface area contributed by atoms with Crippen molar-refractivity contribution in [3.63, 3.8) is 0 Å². The summed E-state index contributed by atoms with van der Waals surface area (Å²) in [4.78, 5) is 28.7. The van der Waals surface area contributed by atoms with Crippen LogP contribution in [0.1, 0.15) is 30.3 Å². The van der Waals surface area contributed by atoms with Crippen molar-refractivity contribution in [1.82, 2.24) is 14.9 Å². The second-order valence-corrected chi connectivity index (χ2v) is 7.16. The highest BCUT2D eigenvalue weighted by atomic mass is 16.6. The van der Waals surface area contributed by atoms with E-state index in [4.69, 9.17) is 9.57 Å². The number of carbonyl (C=O) groups is 1. The zero-order valence-electron chi connectivity index (χ0n) is 16.1. The van der Waals surface area contributed by atoms with Crippen LogP contribution in [0.5, 0.6) is 11.5 Å². The van der Waals surface area contributed by atoms with Crippen LogP contribution < -0.4 is 4.74 Å². The first-order valence-electron chi connectivity index (χ1n) is 9.19. The van der Waals surface area contributed by atoms with Gasteiger partial charge in [-0.1, -0.05) is 5.16 Å². The van der Waals surface area contributed by atoms with Crippen LogP contribution >= 0.6 is 0 Å². The molecule has 1 unspecified atom stereocenters. The van der Waals surface area contributed by atoms with Crippen LogP contribution in [0.3, 0.4) is 0 Å². The highest BCUT2D eigenvalue weighted by molar-refractivity contribution is 5.91. The lowest BCUT2D eigenvalue weighted by molar-refractivity contribution is -0.142. The van der Waals surface area contributed by atoms with Crippen LogP contribution in [0, 0.1) is 13.8 Å². The van der Waals surface area contributed by atoms with Gasteiger partial charge >= 0.3 is 0 Å². The number of rotatable bonds is 2. The van der Waals surface area contributed by atoms with Crippen molar-refractivity contribution in [2.75, 3.05) is 13.2 Å². The van der Waals surface area contributed by atoms with Crippen LogP contribution in [0.25, 0.3) is 11.3 Å². The number of aryl methyl sites for hydroxylation is 2. The lowest BCUT2D eigenvalue weighted by Crippen LogP contribution is -2.40. The molecule has 0 bridgehead atoms. The predicted octanol–water partition coefficient (Wildman–Crippen LogP) is 2.35. The minimum atomic E-state index is -0.594. The molecule has 0 radical (unpaired) electrons. The van der Waals surface area contributed by atoms with Gasteiger partial charge in [0.25, 0.3) is 5.91 Å². The molecule has 0 saturated carbocycles. The van der Waals surface area contributed by atoms with Gasteiger partial charge in [-0.25, -0.2) is 4.98 Å². The topological polar surface area (TPSA) is 97.1 Å². The van der Waals surface area contributed by atoms with E-state index in [0.717, 1.165) is 28.2 Å². The molecule has 2 aliphatic rings. The number of carbonyl (C=O) groups excluding carboxylic acids is 1. The molecule has 1 aromatic heterocycles. The van der Waals surface area contributed by atoms with Gasteiger partial charge in [0.05, 0.1) is 29.3 Å². The molecule has 0 fully saturated rings. The molecule has 2 aromatic rings. The zero-order chi connectivity index (χ0) is 19.8. The number of oxime groups is 1. The summed E-state index contributed by atoms with van der Waals surface area (Å²) in [7, 11) is 0. The van der Waals surface area contributed by atoms with Gasteiger partial charge in [-0.15, -0.1) is 0 Å². The summed E-state index contributed by atoms with van der Waals surface area (Å²) < 4.78 is 5.74. The number of aromatic hydroxyl groups is 1. The van der Waals surface area contributed by atoms with Gasteiger partial charge in [-0.3, -0.25) is 9.78 Å². The number of ether oxygens (including phenoxy) is 1. The molecule has 1 amide bonds. The molecule has 4 rings (SSSR count). The van der Waals surface area contributed by atoms with E-state index < -0.39 is 6.10 Å². The molecule has 1 aromatic carbocycles. The van der Waals surface area contributed by atoms with Crippen LogP contribution in [0.15, 0.2) is 23.5 Å². The highest BCUT2D eigenvalue weighted by Crippen LogP contribution is 2.38. The Morgan fingerprint density at radius 3 is 2.86 bits per heavy atom. The van der Waals surface area contributed by atoms with Gasteiger partial charge in [-0.2, -0.15) is 0 Å². The molecule has 1 atom stereocenters. The van der Waals surface area contributed by atoms with Gasteiger partial charge in [0.15, 0.2) is 11.5 Å². The van der Waals surface area contributed by atoms with Crippen molar-refractivity contribution in [2.24, 2.45) is 5.16 Å². The Bertz CT molecular complexity index is 973. The Hall–Kier alpha value is -3.16. The van der Waals surface area contributed by atoms with Crippen molar-refractivity contribution < 1.29 is 19.5 Å². The summed E-state index contributed by atoms with van der Waals surface area (Å²) in [6, 6.07) is 3.53. The summed E-state index contributed by atoms with van der Waals surface area (Å²) in [5.74, 6) is 0.298. The smallest absolute Gasteiger partial charge is 0.267 e. The Morgan fingerprint density at radius 2 is 2.11 bits per heavy atom. The van der Waals surface area contributed by atoms with Gasteiger partial charge in [-0.05, 0) is 32.9 Å². The number of hydrogen-bond acceptors (Lipinski definition) is 7. The third-order valence-electron chi connectivity index (χ3n) is 4.87. The Kier molecular flexibility index (Phi) is 4.62. The molecule has 28 heavy (non-hydrogen) atoms. The minimum Gasteiger partial charge on any atom is -0.504 e. The van der Waals surface area contributed by atoms with Crippen LogP contribution in [-0.2, 0) is 16.2 Å². The number of phenolic OH excluding ortho intramolecular Hbond substituents is 1. The molecular weight excluding hydrogens is 360 g/mol. The maximum Gasteiger partial charge on any atom is 0.267 e. The van der Waals surface area contributed by atoms with E-state index in [1.807, 2.05) is 26.8 Å². The number of amides is 1. The number of hydrogen-bond donors (Lipinski definition) is 1. The summed E-state index contributed by atoms with van der Waals surface area (Å²) in [6.45, 7) is 6.59. The number of aromatic nitrogens is 2. The summed E-state index contributed by atoms with van der Waals surface area (Å²) in [5, 5.41) is 14.4. The van der Waals surface area contributed by atoms with Crippen molar-refractivity contribution in [3.05, 3.63) is 35.3 Å². The van der Waals surface area contributed by atoms with E-state index in [2.05, 4.69) is 15.1 Å². The second-order valence-electron chi connectivity index (χ2n) is 7.16. The lowest BCUT2D eigenvalue weighted by atomic mass is 10.0. The fourth-order valence-corrected chi connectivity index (χ4v) is 3.47. The molecule has 146 valence electrons. The van der Waals surface area contributed by atoms with Gasteiger partial charge in [0.1, 0.15) is 6.61 Å². The maximum absolute atomic E-state index is 12.8. The molecule has 8 nitrogen and oxygen atoms in total. The van der Waals surface area contributed by atoms with E-state index in [0.29, 0.717) is 37.6 Å². The summed E-state index contributed by atoms with van der Waals surface area (Å²) >= 11 is 0. The number of phenols is 1. The second kappa shape index (κ2) is 7.10. The maximum atomic E-state index is 12.8. The van der Waals surface area contributed by atoms with Crippen molar-refractivity contribution in [2.45, 2.75) is 39.8 Å². The first-order valence-corrected chi connectivity index (χ1v) is 9.19. The summed E-state index contributed by atoms with van der Waals surface area (Å²) in [6.07, 6.45) is 1.60. The molecule has 0 saturated heterocycles. The monoisotopic (exact) mass is 382 g/mol. The summed E-state index contributed by atoms with van der Waals surface area (Å²) in [5.41, 5.74) is 4.51. The SMILES string of the molecule is CC1=NOC(C(=O)N2CCOc3c(O)cc(-c4nc(C)cnc4C)cc3C2)C1. The van der Waals surface area contributed by atoms with E-state index in [1.165, 1.54) is 0 Å². The molecular formula is C20H22N4O4. The molecule has 2 aliphatic heterocycles. The largest absolute Gasteiger partial charge is 0.504 e. The normalized spacial score (nSPS) is 18.6. The predicted molar refractivity (Wildman–Crippen MR) is 102 cm³/mol. The van der Waals surface area contributed by atoms with Crippen LogP contribution in [-0.4, -0.2) is 50.8 Å². The standard InChI is InChI=1S/C20H22N4O4/c1-11-6-17(28-23-11)20(26)24-4-5-27-19-15(10-24)7-14(8-16(19)25)18-13(3)21-9-12(2)22-18/h7-9,17,25H,4-6,10H2,1-3H3. The van der Waals surface area contributed by atoms with Gasteiger partial charge in [0.2, 0.25) is 6.10 Å². The number of fused-ring (bicyclic) bond motifs is 1. The third-order valence-corrected chi connectivity index (χ3v) is 4.87. The Morgan fingerprint density at radius 1 is 1.29 bits per heavy atom. The Balaban J connectivity index is 1.67. The number of benzene rings is 1. The van der Waals surface area contributed by atoms with Gasteiger partial charge < -0.3 is 19.6 Å².